The Kier molecular flexibility index (Phi) is 7.43. The summed E-state index contributed by atoms with van der Waals surface area (Å²) in [6.45, 7) is 8.39. The number of hydrogen-bond acceptors (Lipinski definition) is 3. The Labute approximate surface area is 164 Å². The van der Waals surface area contributed by atoms with Crippen LogP contribution in [0.25, 0.3) is 0 Å². The fourth-order valence-electron chi connectivity index (χ4n) is 3.10. The molecule has 0 aliphatic rings. The first-order chi connectivity index (χ1) is 12.8. The number of likely N-dealkylation sites (N-methyl/N-ethyl adjacent to an activating group) is 2. The highest BCUT2D eigenvalue weighted by Gasteiger charge is 2.14. The Bertz CT molecular complexity index is 768. The van der Waals surface area contributed by atoms with E-state index in [0.717, 1.165) is 30.8 Å². The molecule has 0 saturated carbocycles. The third-order valence-corrected chi connectivity index (χ3v) is 4.54. The van der Waals surface area contributed by atoms with E-state index in [0.29, 0.717) is 11.5 Å². The van der Waals surface area contributed by atoms with Crippen molar-refractivity contribution in [2.45, 2.75) is 27.2 Å². The minimum Gasteiger partial charge on any atom is -0.373 e. The van der Waals surface area contributed by atoms with E-state index in [-0.39, 0.29) is 5.91 Å². The van der Waals surface area contributed by atoms with Crippen molar-refractivity contribution in [3.63, 3.8) is 0 Å². The van der Waals surface area contributed by atoms with Gasteiger partial charge in [-0.3, -0.25) is 4.79 Å². The zero-order valence-corrected chi connectivity index (χ0v) is 17.5. The van der Waals surface area contributed by atoms with Gasteiger partial charge in [0, 0.05) is 37.1 Å². The molecule has 0 atom stereocenters. The van der Waals surface area contributed by atoms with Crippen LogP contribution in [-0.2, 0) is 6.42 Å². The summed E-state index contributed by atoms with van der Waals surface area (Å²) in [4.78, 5) is 17.2. The van der Waals surface area contributed by atoms with Crippen molar-refractivity contribution in [1.29, 1.82) is 0 Å². The summed E-state index contributed by atoms with van der Waals surface area (Å²) in [6, 6.07) is 13.9. The number of anilines is 2. The molecule has 2 rings (SSSR count). The highest BCUT2D eigenvalue weighted by molar-refractivity contribution is 6.04. The number of rotatable bonds is 8. The van der Waals surface area contributed by atoms with E-state index >= 15 is 0 Å². The van der Waals surface area contributed by atoms with Crippen molar-refractivity contribution in [3.8, 4) is 0 Å². The van der Waals surface area contributed by atoms with Gasteiger partial charge in [0.2, 0.25) is 0 Å². The predicted molar refractivity (Wildman–Crippen MR) is 116 cm³/mol. The van der Waals surface area contributed by atoms with Gasteiger partial charge < -0.3 is 15.1 Å². The van der Waals surface area contributed by atoms with Gasteiger partial charge in [0.05, 0.1) is 0 Å². The maximum atomic E-state index is 12.7. The highest BCUT2D eigenvalue weighted by Crippen LogP contribution is 2.25. The van der Waals surface area contributed by atoms with Crippen molar-refractivity contribution in [1.82, 2.24) is 4.90 Å². The fourth-order valence-corrected chi connectivity index (χ4v) is 3.10. The molecule has 0 bridgehead atoms. The zero-order valence-electron chi connectivity index (χ0n) is 17.5. The van der Waals surface area contributed by atoms with Gasteiger partial charge in [-0.05, 0) is 74.8 Å². The molecular weight excluding hydrogens is 334 g/mol. The Balaban J connectivity index is 2.23. The van der Waals surface area contributed by atoms with Crippen LogP contribution in [0.3, 0.4) is 0 Å². The van der Waals surface area contributed by atoms with Crippen LogP contribution in [0.5, 0.6) is 0 Å². The number of benzene rings is 2. The van der Waals surface area contributed by atoms with Gasteiger partial charge in [-0.1, -0.05) is 26.0 Å². The van der Waals surface area contributed by atoms with E-state index in [2.05, 4.69) is 56.2 Å². The molecule has 1 N–H and O–H groups in total. The topological polar surface area (TPSA) is 35.6 Å². The van der Waals surface area contributed by atoms with Crippen LogP contribution in [0.4, 0.5) is 11.4 Å². The lowest BCUT2D eigenvalue weighted by molar-refractivity contribution is 0.102. The second kappa shape index (κ2) is 9.56. The molecule has 0 saturated heterocycles. The molecule has 0 aliphatic carbocycles. The number of hydrogen-bond donors (Lipinski definition) is 1. The molecule has 2 aromatic carbocycles. The van der Waals surface area contributed by atoms with Crippen LogP contribution in [-0.4, -0.2) is 45.0 Å². The number of amides is 1. The van der Waals surface area contributed by atoms with Gasteiger partial charge in [-0.2, -0.15) is 0 Å². The lowest BCUT2D eigenvalue weighted by atomic mass is 9.98. The van der Waals surface area contributed by atoms with Crippen LogP contribution < -0.4 is 10.2 Å². The molecule has 2 aromatic rings. The normalized spacial score (nSPS) is 11.1. The quantitative estimate of drug-likeness (QED) is 0.749. The van der Waals surface area contributed by atoms with E-state index in [9.17, 15) is 4.79 Å². The Morgan fingerprint density at radius 2 is 1.78 bits per heavy atom. The summed E-state index contributed by atoms with van der Waals surface area (Å²) < 4.78 is 0. The molecule has 4 heteroatoms. The largest absolute Gasteiger partial charge is 0.373 e. The average molecular weight is 368 g/mol. The summed E-state index contributed by atoms with van der Waals surface area (Å²) in [6.07, 6.45) is 0.952. The minimum absolute atomic E-state index is 0.0619. The molecule has 0 radical (unpaired) electrons. The van der Waals surface area contributed by atoms with E-state index in [1.807, 2.05) is 43.3 Å². The molecule has 27 heavy (non-hydrogen) atoms. The highest BCUT2D eigenvalue weighted by atomic mass is 16.1. The maximum absolute atomic E-state index is 12.7. The number of carbonyl (C=O) groups excluding carboxylic acids is 1. The Hall–Kier alpha value is -2.33. The van der Waals surface area contributed by atoms with Crippen LogP contribution in [0, 0.1) is 12.8 Å². The smallest absolute Gasteiger partial charge is 0.255 e. The van der Waals surface area contributed by atoms with Crippen molar-refractivity contribution < 1.29 is 4.79 Å². The Morgan fingerprint density at radius 1 is 1.04 bits per heavy atom. The van der Waals surface area contributed by atoms with Gasteiger partial charge in [0.1, 0.15) is 0 Å². The second-order valence-electron chi connectivity index (χ2n) is 7.99. The van der Waals surface area contributed by atoms with Crippen LogP contribution in [0.15, 0.2) is 42.5 Å². The van der Waals surface area contributed by atoms with Crippen molar-refractivity contribution in [2.75, 3.05) is 44.4 Å². The standard InChI is InChI=1S/C23H33N3O/c1-17(2)14-20-16-19(10-11-22(20)26(6)13-12-25(4)5)23(27)24-21-9-7-8-18(3)15-21/h7-11,15-17H,12-14H2,1-6H3,(H,24,27). The molecular formula is C23H33N3O. The molecule has 0 heterocycles. The molecule has 4 nitrogen and oxygen atoms in total. The van der Waals surface area contributed by atoms with E-state index in [1.54, 1.807) is 0 Å². The zero-order chi connectivity index (χ0) is 20.0. The molecule has 1 amide bonds. The lowest BCUT2D eigenvalue weighted by Gasteiger charge is -2.25. The van der Waals surface area contributed by atoms with Crippen LogP contribution >= 0.6 is 0 Å². The molecule has 0 fully saturated rings. The summed E-state index contributed by atoms with van der Waals surface area (Å²) in [7, 11) is 6.29. The molecule has 146 valence electrons. The maximum Gasteiger partial charge on any atom is 0.255 e. The summed E-state index contributed by atoms with van der Waals surface area (Å²) in [5.41, 5.74) is 5.10. The monoisotopic (exact) mass is 367 g/mol. The summed E-state index contributed by atoms with van der Waals surface area (Å²) in [5, 5.41) is 3.01. The Morgan fingerprint density at radius 3 is 2.41 bits per heavy atom. The third kappa shape index (κ3) is 6.40. The molecule has 0 spiro atoms. The first-order valence-electron chi connectivity index (χ1n) is 9.63. The van der Waals surface area contributed by atoms with Crippen molar-refractivity contribution in [2.24, 2.45) is 5.92 Å². The molecule has 0 aromatic heterocycles. The van der Waals surface area contributed by atoms with Gasteiger partial charge in [0.15, 0.2) is 0 Å². The van der Waals surface area contributed by atoms with Gasteiger partial charge in [-0.25, -0.2) is 0 Å². The summed E-state index contributed by atoms with van der Waals surface area (Å²) in [5.74, 6) is 0.467. The SMILES string of the molecule is Cc1cccc(NC(=O)c2ccc(N(C)CCN(C)C)c(CC(C)C)c2)c1. The fraction of sp³-hybridized carbons (Fsp3) is 0.435. The lowest BCUT2D eigenvalue weighted by Crippen LogP contribution is -2.29. The number of aryl methyl sites for hydroxylation is 1. The molecule has 0 aliphatic heterocycles. The molecule has 0 unspecified atom stereocenters. The third-order valence-electron chi connectivity index (χ3n) is 4.54. The van der Waals surface area contributed by atoms with E-state index in [1.165, 1.54) is 11.3 Å². The van der Waals surface area contributed by atoms with Crippen molar-refractivity contribution >= 4 is 17.3 Å². The second-order valence-corrected chi connectivity index (χ2v) is 7.99. The summed E-state index contributed by atoms with van der Waals surface area (Å²) >= 11 is 0. The van der Waals surface area contributed by atoms with E-state index < -0.39 is 0 Å². The van der Waals surface area contributed by atoms with Crippen molar-refractivity contribution in [3.05, 3.63) is 59.2 Å². The number of nitrogens with zero attached hydrogens (tertiary/aromatic N) is 2. The number of carbonyl (C=O) groups is 1. The first-order valence-corrected chi connectivity index (χ1v) is 9.63. The average Bonchev–Trinajstić information content (AvgIpc) is 2.59. The van der Waals surface area contributed by atoms with Gasteiger partial charge in [-0.15, -0.1) is 0 Å². The number of nitrogens with one attached hydrogen (secondary N) is 1. The van der Waals surface area contributed by atoms with Crippen LogP contribution in [0.1, 0.15) is 35.3 Å². The van der Waals surface area contributed by atoms with E-state index in [4.69, 9.17) is 0 Å². The van der Waals surface area contributed by atoms with Gasteiger partial charge >= 0.3 is 0 Å². The minimum atomic E-state index is -0.0619. The first kappa shape index (κ1) is 21.0. The van der Waals surface area contributed by atoms with Crippen LogP contribution in [0.2, 0.25) is 0 Å². The predicted octanol–water partition coefficient (Wildman–Crippen LogP) is 4.44. The van der Waals surface area contributed by atoms with Gasteiger partial charge in [0.25, 0.3) is 5.91 Å².